The van der Waals surface area contributed by atoms with Crippen LogP contribution in [0.3, 0.4) is 0 Å². The van der Waals surface area contributed by atoms with E-state index < -0.39 is 32.6 Å². The summed E-state index contributed by atoms with van der Waals surface area (Å²) in [5.74, 6) is -2.69. The number of hydrogen-bond acceptors (Lipinski definition) is 5. The van der Waals surface area contributed by atoms with Crippen LogP contribution in [-0.2, 0) is 10.1 Å². The molecule has 0 fully saturated rings. The number of carboxylic acid groups (broad SMARTS) is 1. The maximum absolute atomic E-state index is 12.6. The number of amides is 1. The lowest BCUT2D eigenvalue weighted by Crippen LogP contribution is -2.17. The number of hydrogen-bond donors (Lipinski definition) is 4. The lowest BCUT2D eigenvalue weighted by atomic mass is 10.1. The molecule has 0 saturated carbocycles. The minimum atomic E-state index is -4.62. The van der Waals surface area contributed by atoms with E-state index in [4.69, 9.17) is 0 Å². The van der Waals surface area contributed by atoms with Crippen LogP contribution in [0.2, 0.25) is 0 Å². The van der Waals surface area contributed by atoms with Crippen molar-refractivity contribution < 1.29 is 32.8 Å². The maximum atomic E-state index is 12.6. The highest BCUT2D eigenvalue weighted by atomic mass is 32.2. The van der Waals surface area contributed by atoms with Crippen molar-refractivity contribution in [2.75, 3.05) is 5.32 Å². The van der Waals surface area contributed by atoms with Gasteiger partial charge in [-0.1, -0.05) is 36.4 Å². The summed E-state index contributed by atoms with van der Waals surface area (Å²) in [5, 5.41) is 22.1. The van der Waals surface area contributed by atoms with Crippen molar-refractivity contribution in [2.45, 2.75) is 4.90 Å². The zero-order valence-corrected chi connectivity index (χ0v) is 14.4. The van der Waals surface area contributed by atoms with Crippen LogP contribution < -0.4 is 5.32 Å². The third-order valence-corrected chi connectivity index (χ3v) is 4.80. The number of fused-ring (bicyclic) bond motifs is 1. The zero-order chi connectivity index (χ0) is 19.8. The molecule has 8 nitrogen and oxygen atoms in total. The molecule has 0 aliphatic heterocycles. The van der Waals surface area contributed by atoms with E-state index in [1.165, 1.54) is 42.5 Å². The third kappa shape index (κ3) is 3.46. The molecule has 0 atom stereocenters. The first-order valence-corrected chi connectivity index (χ1v) is 9.00. The number of carbonyl (C=O) groups is 2. The van der Waals surface area contributed by atoms with E-state index in [9.17, 15) is 32.8 Å². The molecule has 0 saturated heterocycles. The molecule has 0 radical (unpaired) electrons. The van der Waals surface area contributed by atoms with Crippen LogP contribution >= 0.6 is 0 Å². The molecule has 4 N–H and O–H groups in total. The van der Waals surface area contributed by atoms with Gasteiger partial charge >= 0.3 is 5.97 Å². The first-order valence-electron chi connectivity index (χ1n) is 7.56. The molecule has 27 heavy (non-hydrogen) atoms. The van der Waals surface area contributed by atoms with Crippen LogP contribution in [0.1, 0.15) is 20.7 Å². The number of phenolic OH excluding ortho intramolecular Hbond substituents is 1. The highest BCUT2D eigenvalue weighted by Crippen LogP contribution is 2.37. The molecule has 0 bridgehead atoms. The minimum absolute atomic E-state index is 0.0830. The Kier molecular flexibility index (Phi) is 4.56. The zero-order valence-electron chi connectivity index (χ0n) is 13.6. The number of rotatable bonds is 4. The van der Waals surface area contributed by atoms with Crippen molar-refractivity contribution >= 4 is 38.5 Å². The Hall–Kier alpha value is -3.43. The Morgan fingerprint density at radius 2 is 1.44 bits per heavy atom. The van der Waals surface area contributed by atoms with E-state index >= 15 is 0 Å². The highest BCUT2D eigenvalue weighted by Gasteiger charge is 2.22. The summed E-state index contributed by atoms with van der Waals surface area (Å²) in [6, 6.07) is 12.3. The fourth-order valence-electron chi connectivity index (χ4n) is 2.72. The average Bonchev–Trinajstić information content (AvgIpc) is 2.62. The summed E-state index contributed by atoms with van der Waals surface area (Å²) in [6.07, 6.45) is 0. The molecule has 9 heteroatoms. The Morgan fingerprint density at radius 1 is 0.889 bits per heavy atom. The van der Waals surface area contributed by atoms with Gasteiger partial charge in [0.2, 0.25) is 0 Å². The van der Waals surface area contributed by atoms with Crippen LogP contribution in [0.4, 0.5) is 5.69 Å². The topological polar surface area (TPSA) is 141 Å². The van der Waals surface area contributed by atoms with Gasteiger partial charge in [0.15, 0.2) is 0 Å². The van der Waals surface area contributed by atoms with Crippen molar-refractivity contribution in [1.82, 2.24) is 0 Å². The Bertz CT molecular complexity index is 1190. The van der Waals surface area contributed by atoms with Gasteiger partial charge in [0.1, 0.15) is 10.6 Å². The second kappa shape index (κ2) is 6.71. The maximum Gasteiger partial charge on any atom is 0.336 e. The molecule has 3 rings (SSSR count). The van der Waals surface area contributed by atoms with Crippen LogP contribution in [0.5, 0.6) is 5.75 Å². The fraction of sp³-hybridized carbons (Fsp3) is 0. The number of carboxylic acids is 1. The number of phenols is 1. The van der Waals surface area contributed by atoms with Crippen molar-refractivity contribution in [3.63, 3.8) is 0 Å². The monoisotopic (exact) mass is 387 g/mol. The number of carbonyl (C=O) groups excluding carboxylic acids is 1. The summed E-state index contributed by atoms with van der Waals surface area (Å²) >= 11 is 0. The van der Waals surface area contributed by atoms with Crippen LogP contribution in [-0.4, -0.2) is 35.1 Å². The summed E-state index contributed by atoms with van der Waals surface area (Å²) in [4.78, 5) is 23.3. The first-order chi connectivity index (χ1) is 12.7. The van der Waals surface area contributed by atoms with Crippen molar-refractivity contribution in [3.05, 3.63) is 65.7 Å². The van der Waals surface area contributed by atoms with Gasteiger partial charge in [0.25, 0.3) is 16.0 Å². The van der Waals surface area contributed by atoms with Gasteiger partial charge < -0.3 is 15.5 Å². The number of anilines is 1. The number of aromatic hydroxyl groups is 1. The van der Waals surface area contributed by atoms with Gasteiger partial charge in [0.05, 0.1) is 16.8 Å². The lowest BCUT2D eigenvalue weighted by Gasteiger charge is -2.14. The van der Waals surface area contributed by atoms with E-state index in [0.29, 0.717) is 0 Å². The third-order valence-electron chi connectivity index (χ3n) is 3.90. The second-order valence-electron chi connectivity index (χ2n) is 5.59. The second-order valence-corrected chi connectivity index (χ2v) is 6.98. The van der Waals surface area contributed by atoms with E-state index in [2.05, 4.69) is 5.32 Å². The van der Waals surface area contributed by atoms with E-state index in [1.807, 2.05) is 0 Å². The SMILES string of the molecule is O=C(O)c1ccccc1C(=O)Nc1c(O)cc(S(=O)(=O)O)c2ccccc12. The summed E-state index contributed by atoms with van der Waals surface area (Å²) < 4.78 is 32.5. The van der Waals surface area contributed by atoms with Crippen LogP contribution in [0.15, 0.2) is 59.5 Å². The van der Waals surface area contributed by atoms with Gasteiger partial charge in [-0.05, 0) is 12.1 Å². The number of benzene rings is 3. The average molecular weight is 387 g/mol. The van der Waals surface area contributed by atoms with Crippen molar-refractivity contribution in [2.24, 2.45) is 0 Å². The minimum Gasteiger partial charge on any atom is -0.506 e. The predicted molar refractivity (Wildman–Crippen MR) is 96.8 cm³/mol. The summed E-state index contributed by atoms with van der Waals surface area (Å²) in [6.45, 7) is 0. The van der Waals surface area contributed by atoms with Crippen LogP contribution in [0, 0.1) is 0 Å². The Morgan fingerprint density at radius 3 is 2.04 bits per heavy atom. The molecule has 3 aromatic rings. The van der Waals surface area contributed by atoms with Crippen molar-refractivity contribution in [1.29, 1.82) is 0 Å². The van der Waals surface area contributed by atoms with Gasteiger partial charge in [-0.25, -0.2) is 4.79 Å². The smallest absolute Gasteiger partial charge is 0.336 e. The molecular formula is C18H13NO7S. The Balaban J connectivity index is 2.16. The predicted octanol–water partition coefficient (Wildman–Crippen LogP) is 2.74. The molecule has 138 valence electrons. The van der Waals surface area contributed by atoms with Gasteiger partial charge in [0, 0.05) is 16.8 Å². The van der Waals surface area contributed by atoms with Crippen molar-refractivity contribution in [3.8, 4) is 5.75 Å². The molecule has 0 aromatic heterocycles. The standard InChI is InChI=1S/C18H13NO7S/c20-14-9-15(27(24,25)26)10-5-1-2-6-11(10)16(14)19-17(21)12-7-3-4-8-13(12)18(22)23/h1-9,20H,(H,19,21)(H,22,23)(H,24,25,26). The van der Waals surface area contributed by atoms with Gasteiger partial charge in [-0.2, -0.15) is 8.42 Å². The molecule has 0 unspecified atom stereocenters. The van der Waals surface area contributed by atoms with Crippen LogP contribution in [0.25, 0.3) is 10.8 Å². The normalized spacial score (nSPS) is 11.3. The van der Waals surface area contributed by atoms with E-state index in [1.54, 1.807) is 6.07 Å². The number of aromatic carboxylic acids is 1. The Labute approximate surface area is 153 Å². The summed E-state index contributed by atoms with van der Waals surface area (Å²) in [7, 11) is -4.62. The van der Waals surface area contributed by atoms with Gasteiger partial charge in [-0.3, -0.25) is 9.35 Å². The molecule has 1 amide bonds. The number of nitrogens with one attached hydrogen (secondary N) is 1. The molecule has 0 aliphatic rings. The first kappa shape index (κ1) is 18.4. The molecule has 0 spiro atoms. The molecule has 3 aromatic carbocycles. The lowest BCUT2D eigenvalue weighted by molar-refractivity contribution is 0.0692. The van der Waals surface area contributed by atoms with E-state index in [-0.39, 0.29) is 27.6 Å². The molecule has 0 aliphatic carbocycles. The molecule has 0 heterocycles. The van der Waals surface area contributed by atoms with E-state index in [0.717, 1.165) is 6.07 Å². The van der Waals surface area contributed by atoms with Gasteiger partial charge in [-0.15, -0.1) is 0 Å². The quantitative estimate of drug-likeness (QED) is 0.398. The summed E-state index contributed by atoms with van der Waals surface area (Å²) in [5.41, 5.74) is -0.469. The highest BCUT2D eigenvalue weighted by molar-refractivity contribution is 7.86. The fourth-order valence-corrected chi connectivity index (χ4v) is 3.44. The molecular weight excluding hydrogens is 374 g/mol. The largest absolute Gasteiger partial charge is 0.506 e.